The second kappa shape index (κ2) is 10.2. The molecule has 1 aromatic carbocycles. The molecule has 1 aromatic heterocycles. The molecule has 0 aliphatic carbocycles. The van der Waals surface area contributed by atoms with Gasteiger partial charge in [0.25, 0.3) is 5.69 Å². The number of sulfonamides is 1. The van der Waals surface area contributed by atoms with E-state index in [1.807, 2.05) is 6.92 Å². The Labute approximate surface area is 183 Å². The molecular formula is C17H23N5O5S3. The Hall–Kier alpha value is -2.25. The number of non-ortho nitro benzene ring substituents is 1. The number of hydrogen-bond donors (Lipinski definition) is 1. The summed E-state index contributed by atoms with van der Waals surface area (Å²) in [6.45, 7) is 5.33. The molecule has 2 aromatic rings. The minimum absolute atomic E-state index is 0.0881. The summed E-state index contributed by atoms with van der Waals surface area (Å²) in [5, 5.41) is 22.0. The molecule has 0 radical (unpaired) electrons. The van der Waals surface area contributed by atoms with Gasteiger partial charge in [0.1, 0.15) is 6.04 Å². The molecule has 1 N–H and O–H groups in total. The first-order valence-corrected chi connectivity index (χ1v) is 12.7. The van der Waals surface area contributed by atoms with Gasteiger partial charge in [-0.15, -0.1) is 10.2 Å². The summed E-state index contributed by atoms with van der Waals surface area (Å²) in [4.78, 5) is 23.5. The van der Waals surface area contributed by atoms with Crippen LogP contribution in [0.2, 0.25) is 0 Å². The number of nitrogens with one attached hydrogen (secondary N) is 1. The molecule has 164 valence electrons. The quantitative estimate of drug-likeness (QED) is 0.240. The van der Waals surface area contributed by atoms with Crippen LogP contribution >= 0.6 is 23.1 Å². The van der Waals surface area contributed by atoms with E-state index in [2.05, 4.69) is 15.5 Å². The van der Waals surface area contributed by atoms with Crippen LogP contribution in [0.15, 0.2) is 22.5 Å². The van der Waals surface area contributed by atoms with Crippen molar-refractivity contribution in [1.82, 2.24) is 10.2 Å². The van der Waals surface area contributed by atoms with Crippen molar-refractivity contribution in [3.63, 3.8) is 0 Å². The first-order valence-electron chi connectivity index (χ1n) is 9.10. The number of thioether (sulfide) groups is 1. The SMILES string of the molecule is CCCSc1nnc(NC(=O)C(CC)N(c2cc([N+](=O)[O-])ccc2C)S(C)(=O)=O)s1. The molecule has 0 saturated heterocycles. The van der Waals surface area contributed by atoms with Gasteiger partial charge in [-0.3, -0.25) is 24.5 Å². The van der Waals surface area contributed by atoms with Gasteiger partial charge in [0.05, 0.1) is 16.9 Å². The van der Waals surface area contributed by atoms with Gasteiger partial charge in [-0.2, -0.15) is 0 Å². The van der Waals surface area contributed by atoms with Crippen molar-refractivity contribution in [3.8, 4) is 0 Å². The van der Waals surface area contributed by atoms with E-state index in [-0.39, 0.29) is 22.9 Å². The van der Waals surface area contributed by atoms with E-state index < -0.39 is 26.9 Å². The molecule has 0 spiro atoms. The number of aromatic nitrogens is 2. The van der Waals surface area contributed by atoms with Crippen LogP contribution in [0.1, 0.15) is 32.3 Å². The molecule has 0 bridgehead atoms. The lowest BCUT2D eigenvalue weighted by molar-refractivity contribution is -0.384. The van der Waals surface area contributed by atoms with Crippen molar-refractivity contribution < 1.29 is 18.1 Å². The lowest BCUT2D eigenvalue weighted by atomic mass is 10.1. The van der Waals surface area contributed by atoms with Gasteiger partial charge in [0.2, 0.25) is 21.1 Å². The summed E-state index contributed by atoms with van der Waals surface area (Å²) in [7, 11) is -3.93. The van der Waals surface area contributed by atoms with Crippen LogP contribution in [-0.4, -0.2) is 47.5 Å². The molecule has 0 aliphatic heterocycles. The summed E-state index contributed by atoms with van der Waals surface area (Å²) in [6.07, 6.45) is 2.08. The number of anilines is 2. The van der Waals surface area contributed by atoms with E-state index >= 15 is 0 Å². The van der Waals surface area contributed by atoms with Gasteiger partial charge < -0.3 is 0 Å². The minimum atomic E-state index is -3.93. The molecule has 1 atom stereocenters. The van der Waals surface area contributed by atoms with Crippen molar-refractivity contribution in [2.75, 3.05) is 21.6 Å². The maximum absolute atomic E-state index is 12.9. The first-order chi connectivity index (χ1) is 14.1. The fourth-order valence-corrected chi connectivity index (χ4v) is 5.62. The van der Waals surface area contributed by atoms with Gasteiger partial charge >= 0.3 is 0 Å². The lowest BCUT2D eigenvalue weighted by Crippen LogP contribution is -2.47. The first kappa shape index (κ1) is 24.0. The third-order valence-corrected chi connectivity index (χ3v) is 7.38. The average Bonchev–Trinajstić information content (AvgIpc) is 3.11. The minimum Gasteiger partial charge on any atom is -0.299 e. The molecule has 1 heterocycles. The van der Waals surface area contributed by atoms with E-state index in [1.54, 1.807) is 13.8 Å². The number of nitro benzene ring substituents is 1. The molecule has 0 saturated carbocycles. The van der Waals surface area contributed by atoms with E-state index in [0.717, 1.165) is 28.8 Å². The van der Waals surface area contributed by atoms with Crippen LogP contribution in [0.5, 0.6) is 0 Å². The van der Waals surface area contributed by atoms with Crippen molar-refractivity contribution in [3.05, 3.63) is 33.9 Å². The normalized spacial score (nSPS) is 12.4. The molecule has 30 heavy (non-hydrogen) atoms. The third-order valence-electron chi connectivity index (χ3n) is 4.04. The Morgan fingerprint density at radius 3 is 2.63 bits per heavy atom. The fourth-order valence-electron chi connectivity index (χ4n) is 2.68. The number of hydrogen-bond acceptors (Lipinski definition) is 9. The van der Waals surface area contributed by atoms with Crippen LogP contribution < -0.4 is 9.62 Å². The largest absolute Gasteiger partial charge is 0.299 e. The number of rotatable bonds is 10. The lowest BCUT2D eigenvalue weighted by Gasteiger charge is -2.30. The smallest absolute Gasteiger partial charge is 0.271 e. The van der Waals surface area contributed by atoms with Crippen LogP contribution in [0.25, 0.3) is 0 Å². The number of amides is 1. The predicted octanol–water partition coefficient (Wildman–Crippen LogP) is 3.44. The standard InChI is InChI=1S/C17H23N5O5S3/c1-5-9-28-17-20-19-16(29-17)18-15(23)13(6-2)21(30(4,26)27)14-10-12(22(24)25)8-7-11(14)3/h7-8,10,13H,5-6,9H2,1-4H3,(H,18,19,23). The van der Waals surface area contributed by atoms with Crippen LogP contribution in [0.4, 0.5) is 16.5 Å². The van der Waals surface area contributed by atoms with Gasteiger partial charge in [-0.05, 0) is 25.3 Å². The van der Waals surface area contributed by atoms with Crippen molar-refractivity contribution in [2.45, 2.75) is 44.0 Å². The summed E-state index contributed by atoms with van der Waals surface area (Å²) in [6, 6.07) is 2.79. The molecule has 10 nitrogen and oxygen atoms in total. The van der Waals surface area contributed by atoms with Crippen LogP contribution in [-0.2, 0) is 14.8 Å². The van der Waals surface area contributed by atoms with Gasteiger partial charge in [0.15, 0.2) is 4.34 Å². The number of carbonyl (C=O) groups is 1. The maximum Gasteiger partial charge on any atom is 0.271 e. The molecule has 1 amide bonds. The van der Waals surface area contributed by atoms with E-state index in [4.69, 9.17) is 0 Å². The number of nitro groups is 1. The van der Waals surface area contributed by atoms with Gasteiger partial charge in [-0.1, -0.05) is 43.0 Å². The average molecular weight is 474 g/mol. The summed E-state index contributed by atoms with van der Waals surface area (Å²) >= 11 is 2.72. The molecule has 0 fully saturated rings. The Morgan fingerprint density at radius 1 is 1.37 bits per heavy atom. The molecule has 2 rings (SSSR count). The third kappa shape index (κ3) is 5.89. The van der Waals surface area contributed by atoms with E-state index in [9.17, 15) is 23.3 Å². The second-order valence-electron chi connectivity index (χ2n) is 6.42. The zero-order chi connectivity index (χ0) is 22.5. The molecule has 13 heteroatoms. The van der Waals surface area contributed by atoms with Crippen LogP contribution in [0, 0.1) is 17.0 Å². The summed E-state index contributed by atoms with van der Waals surface area (Å²) in [5.41, 5.74) is 0.317. The van der Waals surface area contributed by atoms with E-state index in [0.29, 0.717) is 9.90 Å². The molecule has 0 aliphatic rings. The predicted molar refractivity (Wildman–Crippen MR) is 119 cm³/mol. The van der Waals surface area contributed by atoms with E-state index in [1.165, 1.54) is 35.2 Å². The van der Waals surface area contributed by atoms with Crippen molar-refractivity contribution in [1.29, 1.82) is 0 Å². The Bertz CT molecular complexity index is 1020. The number of aryl methyl sites for hydroxylation is 1. The summed E-state index contributed by atoms with van der Waals surface area (Å²) < 4.78 is 26.8. The van der Waals surface area contributed by atoms with Crippen LogP contribution in [0.3, 0.4) is 0 Å². The Balaban J connectivity index is 2.38. The highest BCUT2D eigenvalue weighted by Gasteiger charge is 2.33. The Morgan fingerprint density at radius 2 is 2.07 bits per heavy atom. The number of benzene rings is 1. The number of carbonyl (C=O) groups excluding carboxylic acids is 1. The van der Waals surface area contributed by atoms with Gasteiger partial charge in [-0.25, -0.2) is 8.42 Å². The van der Waals surface area contributed by atoms with Gasteiger partial charge in [0, 0.05) is 17.9 Å². The topological polar surface area (TPSA) is 135 Å². The summed E-state index contributed by atoms with van der Waals surface area (Å²) in [5.74, 6) is 0.283. The van der Waals surface area contributed by atoms with Crippen molar-refractivity contribution in [2.24, 2.45) is 0 Å². The zero-order valence-corrected chi connectivity index (χ0v) is 19.4. The number of nitrogens with zero attached hydrogens (tertiary/aromatic N) is 4. The maximum atomic E-state index is 12.9. The highest BCUT2D eigenvalue weighted by atomic mass is 32.2. The highest BCUT2D eigenvalue weighted by molar-refractivity contribution is 8.01. The Kier molecular flexibility index (Phi) is 8.15. The fraction of sp³-hybridized carbons (Fsp3) is 0.471. The zero-order valence-electron chi connectivity index (χ0n) is 17.0. The molecular weight excluding hydrogens is 450 g/mol. The highest BCUT2D eigenvalue weighted by Crippen LogP contribution is 2.31. The van der Waals surface area contributed by atoms with Crippen molar-refractivity contribution >= 4 is 55.5 Å². The molecule has 1 unspecified atom stereocenters. The second-order valence-corrected chi connectivity index (χ2v) is 10.6. The monoisotopic (exact) mass is 473 g/mol.